The summed E-state index contributed by atoms with van der Waals surface area (Å²) >= 11 is 1.13. The standard InChI is InChI=1S/C25H24FN3O7S2/c1-3-36-24(31)21-18-12-13-29(25(32)35-2)14-20(18)37-23(21)27-22(30)17-6-4-5-7-19(17)28-38(33,34)16-10-8-15(26)9-11-16/h4-11,28H,3,12-14H2,1-2H3,(H,27,30). The summed E-state index contributed by atoms with van der Waals surface area (Å²) in [7, 11) is -2.84. The smallest absolute Gasteiger partial charge is 0.409 e. The van der Waals surface area contributed by atoms with Gasteiger partial charge in [-0.1, -0.05) is 12.1 Å². The lowest BCUT2D eigenvalue weighted by atomic mass is 10.0. The summed E-state index contributed by atoms with van der Waals surface area (Å²) in [5.74, 6) is -1.87. The van der Waals surface area contributed by atoms with Crippen LogP contribution in [-0.4, -0.2) is 51.5 Å². The van der Waals surface area contributed by atoms with Crippen molar-refractivity contribution >= 4 is 50.0 Å². The Bertz CT molecular complexity index is 1490. The van der Waals surface area contributed by atoms with E-state index in [1.54, 1.807) is 19.1 Å². The molecule has 2 amide bonds. The molecule has 3 aromatic rings. The molecular formula is C25H24FN3O7S2. The number of fused-ring (bicyclic) bond motifs is 1. The van der Waals surface area contributed by atoms with Gasteiger partial charge in [-0.25, -0.2) is 22.4 Å². The van der Waals surface area contributed by atoms with E-state index in [4.69, 9.17) is 9.47 Å². The zero-order chi connectivity index (χ0) is 27.4. The Morgan fingerprint density at radius 3 is 2.50 bits per heavy atom. The predicted molar refractivity (Wildman–Crippen MR) is 138 cm³/mol. The van der Waals surface area contributed by atoms with Crippen LogP contribution in [0.25, 0.3) is 0 Å². The summed E-state index contributed by atoms with van der Waals surface area (Å²) in [6.45, 7) is 2.31. The number of thiophene rings is 1. The topological polar surface area (TPSA) is 131 Å². The molecule has 13 heteroatoms. The van der Waals surface area contributed by atoms with Crippen LogP contribution in [0.15, 0.2) is 53.4 Å². The number of rotatable bonds is 7. The Labute approximate surface area is 222 Å². The third kappa shape index (κ3) is 5.63. The van der Waals surface area contributed by atoms with Gasteiger partial charge in [-0.05, 0) is 55.3 Å². The number of para-hydroxylation sites is 1. The number of esters is 1. The molecule has 0 aliphatic carbocycles. The maximum absolute atomic E-state index is 13.3. The molecule has 1 aliphatic rings. The molecule has 1 aliphatic heterocycles. The highest BCUT2D eigenvalue weighted by molar-refractivity contribution is 7.92. The number of carbonyl (C=O) groups is 3. The minimum Gasteiger partial charge on any atom is -0.462 e. The highest BCUT2D eigenvalue weighted by Gasteiger charge is 2.32. The van der Waals surface area contributed by atoms with Crippen molar-refractivity contribution in [1.82, 2.24) is 4.90 Å². The van der Waals surface area contributed by atoms with E-state index in [9.17, 15) is 27.2 Å². The molecule has 38 heavy (non-hydrogen) atoms. The summed E-state index contributed by atoms with van der Waals surface area (Å²) in [6, 6.07) is 10.2. The summed E-state index contributed by atoms with van der Waals surface area (Å²) < 4.78 is 51.3. The molecule has 0 atom stereocenters. The molecule has 0 bridgehead atoms. The van der Waals surface area contributed by atoms with E-state index in [2.05, 4.69) is 10.0 Å². The second kappa shape index (κ2) is 11.2. The van der Waals surface area contributed by atoms with Crippen LogP contribution in [0.1, 0.15) is 38.1 Å². The number of ether oxygens (including phenoxy) is 2. The Morgan fingerprint density at radius 2 is 1.82 bits per heavy atom. The first-order chi connectivity index (χ1) is 18.1. The molecule has 2 heterocycles. The summed E-state index contributed by atoms with van der Waals surface area (Å²) in [5.41, 5.74) is 0.865. The minimum absolute atomic E-state index is 0.00412. The second-order valence-electron chi connectivity index (χ2n) is 8.13. The van der Waals surface area contributed by atoms with Crippen molar-refractivity contribution in [3.05, 3.63) is 75.9 Å². The molecule has 2 N–H and O–H groups in total. The zero-order valence-corrected chi connectivity index (χ0v) is 22.1. The molecule has 0 spiro atoms. The molecule has 4 rings (SSSR count). The van der Waals surface area contributed by atoms with Crippen molar-refractivity contribution in [2.75, 3.05) is 30.3 Å². The van der Waals surface area contributed by atoms with Crippen molar-refractivity contribution in [3.63, 3.8) is 0 Å². The number of sulfonamides is 1. The lowest BCUT2D eigenvalue weighted by Crippen LogP contribution is -2.35. The molecule has 10 nitrogen and oxygen atoms in total. The van der Waals surface area contributed by atoms with Crippen LogP contribution in [0.3, 0.4) is 0 Å². The van der Waals surface area contributed by atoms with E-state index in [1.807, 2.05) is 0 Å². The fourth-order valence-electron chi connectivity index (χ4n) is 3.95. The average Bonchev–Trinajstić information content (AvgIpc) is 3.25. The molecule has 0 saturated carbocycles. The summed E-state index contributed by atoms with van der Waals surface area (Å²) in [4.78, 5) is 40.2. The van der Waals surface area contributed by atoms with E-state index in [0.29, 0.717) is 23.4 Å². The fraction of sp³-hybridized carbons (Fsp3) is 0.240. The van der Waals surface area contributed by atoms with Crippen LogP contribution in [0.2, 0.25) is 0 Å². The van der Waals surface area contributed by atoms with E-state index in [1.165, 1.54) is 24.1 Å². The average molecular weight is 562 g/mol. The van der Waals surface area contributed by atoms with Gasteiger partial charge < -0.3 is 19.7 Å². The first-order valence-electron chi connectivity index (χ1n) is 11.5. The Balaban J connectivity index is 1.64. The van der Waals surface area contributed by atoms with Crippen molar-refractivity contribution in [1.29, 1.82) is 0 Å². The van der Waals surface area contributed by atoms with Crippen LogP contribution in [0, 0.1) is 5.82 Å². The van der Waals surface area contributed by atoms with Gasteiger partial charge in [-0.2, -0.15) is 0 Å². The predicted octanol–water partition coefficient (Wildman–Crippen LogP) is 4.24. The van der Waals surface area contributed by atoms with Gasteiger partial charge in [0.2, 0.25) is 0 Å². The van der Waals surface area contributed by atoms with Gasteiger partial charge in [-0.3, -0.25) is 9.52 Å². The number of amides is 2. The molecule has 0 fully saturated rings. The number of hydrogen-bond acceptors (Lipinski definition) is 8. The highest BCUT2D eigenvalue weighted by Crippen LogP contribution is 2.38. The number of nitrogens with one attached hydrogen (secondary N) is 2. The van der Waals surface area contributed by atoms with Crippen molar-refractivity contribution in [2.24, 2.45) is 0 Å². The van der Waals surface area contributed by atoms with Gasteiger partial charge in [-0.15, -0.1) is 11.3 Å². The maximum atomic E-state index is 13.3. The zero-order valence-electron chi connectivity index (χ0n) is 20.4. The van der Waals surface area contributed by atoms with Gasteiger partial charge in [0.25, 0.3) is 15.9 Å². The first kappa shape index (κ1) is 27.1. The van der Waals surface area contributed by atoms with Crippen LogP contribution in [0.4, 0.5) is 19.9 Å². The number of anilines is 2. The molecule has 2 aromatic carbocycles. The highest BCUT2D eigenvalue weighted by atomic mass is 32.2. The molecule has 1 aromatic heterocycles. The van der Waals surface area contributed by atoms with Gasteiger partial charge in [0, 0.05) is 11.4 Å². The minimum atomic E-state index is -4.12. The number of halogens is 1. The lowest BCUT2D eigenvalue weighted by Gasteiger charge is -2.25. The van der Waals surface area contributed by atoms with Crippen LogP contribution in [0.5, 0.6) is 0 Å². The van der Waals surface area contributed by atoms with Gasteiger partial charge in [0.1, 0.15) is 10.8 Å². The number of carbonyl (C=O) groups excluding carboxylic acids is 3. The van der Waals surface area contributed by atoms with E-state index in [-0.39, 0.29) is 39.9 Å². The third-order valence-corrected chi connectivity index (χ3v) is 8.25. The lowest BCUT2D eigenvalue weighted by molar-refractivity contribution is 0.0526. The van der Waals surface area contributed by atoms with E-state index in [0.717, 1.165) is 35.6 Å². The summed E-state index contributed by atoms with van der Waals surface area (Å²) in [6.07, 6.45) is -0.145. The maximum Gasteiger partial charge on any atom is 0.409 e. The first-order valence-corrected chi connectivity index (χ1v) is 13.8. The molecule has 0 unspecified atom stereocenters. The third-order valence-electron chi connectivity index (χ3n) is 5.74. The van der Waals surface area contributed by atoms with E-state index < -0.39 is 33.8 Å². The number of nitrogens with zero attached hydrogens (tertiary/aromatic N) is 1. The van der Waals surface area contributed by atoms with Crippen LogP contribution < -0.4 is 10.0 Å². The monoisotopic (exact) mass is 561 g/mol. The number of methoxy groups -OCH3 is 1. The Kier molecular flexibility index (Phi) is 7.97. The Hall–Kier alpha value is -3.97. The molecule has 0 saturated heterocycles. The molecule has 200 valence electrons. The second-order valence-corrected chi connectivity index (χ2v) is 10.9. The number of benzene rings is 2. The van der Waals surface area contributed by atoms with Crippen LogP contribution in [-0.2, 0) is 32.5 Å². The largest absolute Gasteiger partial charge is 0.462 e. The van der Waals surface area contributed by atoms with Crippen molar-refractivity contribution < 1.29 is 36.7 Å². The Morgan fingerprint density at radius 1 is 1.11 bits per heavy atom. The van der Waals surface area contributed by atoms with Crippen molar-refractivity contribution in [2.45, 2.75) is 24.8 Å². The summed E-state index contributed by atoms with van der Waals surface area (Å²) in [5, 5.41) is 2.94. The van der Waals surface area contributed by atoms with E-state index >= 15 is 0 Å². The van der Waals surface area contributed by atoms with Crippen LogP contribution >= 0.6 is 11.3 Å². The SMILES string of the molecule is CCOC(=O)c1c(NC(=O)c2ccccc2NS(=O)(=O)c2ccc(F)cc2)sc2c1CCN(C(=O)OC)C2. The van der Waals surface area contributed by atoms with Crippen molar-refractivity contribution in [3.8, 4) is 0 Å². The van der Waals surface area contributed by atoms with Gasteiger partial charge in [0.05, 0.1) is 42.0 Å². The van der Waals surface area contributed by atoms with Gasteiger partial charge >= 0.3 is 12.1 Å². The molecule has 0 radical (unpaired) electrons. The quantitative estimate of drug-likeness (QED) is 0.413. The number of hydrogen-bond donors (Lipinski definition) is 2. The molecular weight excluding hydrogens is 537 g/mol. The van der Waals surface area contributed by atoms with Gasteiger partial charge in [0.15, 0.2) is 0 Å². The normalized spacial score (nSPS) is 12.9. The fourth-order valence-corrected chi connectivity index (χ4v) is 6.28.